The predicted octanol–water partition coefficient (Wildman–Crippen LogP) is 1.30. The molecular weight excluding hydrogens is 366 g/mol. The van der Waals surface area contributed by atoms with Crippen LogP contribution in [0.1, 0.15) is 15.9 Å². The van der Waals surface area contributed by atoms with Crippen LogP contribution in [0.2, 0.25) is 0 Å². The summed E-state index contributed by atoms with van der Waals surface area (Å²) in [6.45, 7) is 2.88. The van der Waals surface area contributed by atoms with Gasteiger partial charge < -0.3 is 10.5 Å². The number of nitrogens with two attached hydrogens (primary N) is 1. The van der Waals surface area contributed by atoms with E-state index in [1.807, 2.05) is 18.2 Å². The zero-order valence-electron chi connectivity index (χ0n) is 15.2. The van der Waals surface area contributed by atoms with Crippen molar-refractivity contribution in [3.63, 3.8) is 0 Å². The van der Waals surface area contributed by atoms with Gasteiger partial charge in [0.1, 0.15) is 5.75 Å². The van der Waals surface area contributed by atoms with Gasteiger partial charge >= 0.3 is 0 Å². The second-order valence-electron chi connectivity index (χ2n) is 6.39. The molecule has 3 rings (SSSR count). The summed E-state index contributed by atoms with van der Waals surface area (Å²) in [5, 5.41) is 0. The van der Waals surface area contributed by atoms with Gasteiger partial charge in [0.25, 0.3) is 5.91 Å². The van der Waals surface area contributed by atoms with Gasteiger partial charge in [-0.1, -0.05) is 30.3 Å². The van der Waals surface area contributed by atoms with Crippen LogP contribution in [0, 0.1) is 0 Å². The Morgan fingerprint density at radius 1 is 1.07 bits per heavy atom. The fraction of sp³-hybridized carbons (Fsp3) is 0.316. The number of carbonyl (C=O) groups excluding carboxylic acids is 1. The summed E-state index contributed by atoms with van der Waals surface area (Å²) in [6.07, 6.45) is 0. The first-order valence-corrected chi connectivity index (χ1v) is 10.1. The molecule has 0 aromatic heterocycles. The zero-order chi connectivity index (χ0) is 19.4. The fourth-order valence-electron chi connectivity index (χ4n) is 3.16. The van der Waals surface area contributed by atoms with Gasteiger partial charge in [-0.05, 0) is 23.8 Å². The molecule has 1 fully saturated rings. The van der Waals surface area contributed by atoms with Gasteiger partial charge in [-0.3, -0.25) is 9.69 Å². The number of ether oxygens (including phenoxy) is 1. The molecule has 2 aromatic rings. The summed E-state index contributed by atoms with van der Waals surface area (Å²) in [5.74, 6) is -0.467. The molecule has 1 saturated heterocycles. The van der Waals surface area contributed by atoms with Crippen molar-refractivity contribution in [1.29, 1.82) is 0 Å². The van der Waals surface area contributed by atoms with E-state index in [-0.39, 0.29) is 16.2 Å². The van der Waals surface area contributed by atoms with Crippen LogP contribution in [0.4, 0.5) is 0 Å². The molecule has 2 N–H and O–H groups in total. The van der Waals surface area contributed by atoms with Crippen molar-refractivity contribution in [2.45, 2.75) is 11.4 Å². The molecule has 0 unspecified atom stereocenters. The SMILES string of the molecule is COc1ccc(S(=O)(=O)N2CCN(Cc3ccccc3)CC2)cc1C(N)=O. The van der Waals surface area contributed by atoms with Crippen LogP contribution in [-0.4, -0.2) is 56.8 Å². The molecule has 0 saturated carbocycles. The Bertz CT molecular complexity index is 908. The van der Waals surface area contributed by atoms with Gasteiger partial charge in [0.2, 0.25) is 10.0 Å². The van der Waals surface area contributed by atoms with Crippen LogP contribution >= 0.6 is 0 Å². The summed E-state index contributed by atoms with van der Waals surface area (Å²) >= 11 is 0. The van der Waals surface area contributed by atoms with Crippen LogP contribution in [0.25, 0.3) is 0 Å². The fourth-order valence-corrected chi connectivity index (χ4v) is 4.61. The molecule has 7 nitrogen and oxygen atoms in total. The number of benzene rings is 2. The van der Waals surface area contributed by atoms with Crippen LogP contribution < -0.4 is 10.5 Å². The highest BCUT2D eigenvalue weighted by Crippen LogP contribution is 2.25. The number of hydrogen-bond donors (Lipinski definition) is 1. The zero-order valence-corrected chi connectivity index (χ0v) is 16.0. The van der Waals surface area contributed by atoms with E-state index in [1.54, 1.807) is 0 Å². The van der Waals surface area contributed by atoms with Crippen LogP contribution in [0.5, 0.6) is 5.75 Å². The van der Waals surface area contributed by atoms with Crippen molar-refractivity contribution < 1.29 is 17.9 Å². The standard InChI is InChI=1S/C19H23N3O4S/c1-26-18-8-7-16(13-17(18)19(20)23)27(24,25)22-11-9-21(10-12-22)14-15-5-3-2-4-6-15/h2-8,13H,9-12,14H2,1H3,(H2,20,23). The highest BCUT2D eigenvalue weighted by atomic mass is 32.2. The van der Waals surface area contributed by atoms with Crippen molar-refractivity contribution in [3.05, 3.63) is 59.7 Å². The summed E-state index contributed by atoms with van der Waals surface area (Å²) in [7, 11) is -2.29. The molecule has 0 aliphatic carbocycles. The number of rotatable bonds is 6. The summed E-state index contributed by atoms with van der Waals surface area (Å²) in [4.78, 5) is 13.9. The van der Waals surface area contributed by atoms with E-state index in [0.29, 0.717) is 26.2 Å². The van der Waals surface area contributed by atoms with Crippen LogP contribution in [0.15, 0.2) is 53.4 Å². The Morgan fingerprint density at radius 2 is 1.74 bits per heavy atom. The Kier molecular flexibility index (Phi) is 5.79. The summed E-state index contributed by atoms with van der Waals surface area (Å²) < 4.78 is 32.4. The molecule has 0 spiro atoms. The molecular formula is C19H23N3O4S. The number of methoxy groups -OCH3 is 1. The van der Waals surface area contributed by atoms with E-state index < -0.39 is 15.9 Å². The second kappa shape index (κ2) is 8.08. The molecule has 2 aromatic carbocycles. The molecule has 1 amide bonds. The van der Waals surface area contributed by atoms with Gasteiger partial charge in [-0.2, -0.15) is 4.31 Å². The van der Waals surface area contributed by atoms with Gasteiger partial charge in [0.15, 0.2) is 0 Å². The Labute approximate surface area is 159 Å². The number of nitrogens with zero attached hydrogens (tertiary/aromatic N) is 2. The molecule has 8 heteroatoms. The number of piperazine rings is 1. The van der Waals surface area contributed by atoms with Crippen molar-refractivity contribution in [3.8, 4) is 5.75 Å². The lowest BCUT2D eigenvalue weighted by molar-refractivity contribution is 0.0997. The summed E-state index contributed by atoms with van der Waals surface area (Å²) in [6, 6.07) is 14.3. The Morgan fingerprint density at radius 3 is 2.33 bits per heavy atom. The highest BCUT2D eigenvalue weighted by Gasteiger charge is 2.29. The maximum atomic E-state index is 12.9. The maximum Gasteiger partial charge on any atom is 0.252 e. The van der Waals surface area contributed by atoms with E-state index in [9.17, 15) is 13.2 Å². The third-order valence-corrected chi connectivity index (χ3v) is 6.55. The number of amides is 1. The average molecular weight is 389 g/mol. The van der Waals surface area contributed by atoms with E-state index in [4.69, 9.17) is 10.5 Å². The first kappa shape index (κ1) is 19.3. The normalized spacial score (nSPS) is 16.2. The largest absolute Gasteiger partial charge is 0.496 e. The van der Waals surface area contributed by atoms with Gasteiger partial charge in [0.05, 0.1) is 17.6 Å². The molecule has 0 atom stereocenters. The average Bonchev–Trinajstić information content (AvgIpc) is 2.68. The molecule has 27 heavy (non-hydrogen) atoms. The van der Waals surface area contributed by atoms with Crippen molar-refractivity contribution in [2.24, 2.45) is 5.73 Å². The first-order chi connectivity index (χ1) is 12.9. The molecule has 1 heterocycles. The molecule has 0 radical (unpaired) electrons. The lowest BCUT2D eigenvalue weighted by atomic mass is 10.2. The maximum absolute atomic E-state index is 12.9. The van der Waals surface area contributed by atoms with Crippen molar-refractivity contribution in [2.75, 3.05) is 33.3 Å². The molecule has 144 valence electrons. The third kappa shape index (κ3) is 4.29. The van der Waals surface area contributed by atoms with Crippen LogP contribution in [0.3, 0.4) is 0 Å². The lowest BCUT2D eigenvalue weighted by Crippen LogP contribution is -2.48. The molecule has 1 aliphatic heterocycles. The van der Waals surface area contributed by atoms with E-state index in [1.165, 1.54) is 35.2 Å². The smallest absolute Gasteiger partial charge is 0.252 e. The molecule has 0 bridgehead atoms. The Balaban J connectivity index is 1.71. The topological polar surface area (TPSA) is 92.9 Å². The number of hydrogen-bond acceptors (Lipinski definition) is 5. The van der Waals surface area contributed by atoms with Crippen molar-refractivity contribution >= 4 is 15.9 Å². The van der Waals surface area contributed by atoms with E-state index in [0.717, 1.165) is 6.54 Å². The third-order valence-electron chi connectivity index (χ3n) is 4.65. The minimum absolute atomic E-state index is 0.0496. The first-order valence-electron chi connectivity index (χ1n) is 8.66. The van der Waals surface area contributed by atoms with E-state index >= 15 is 0 Å². The van der Waals surface area contributed by atoms with Gasteiger partial charge in [-0.25, -0.2) is 8.42 Å². The minimum atomic E-state index is -3.70. The number of carbonyl (C=O) groups is 1. The summed E-state index contributed by atoms with van der Waals surface area (Å²) in [5.41, 5.74) is 6.60. The minimum Gasteiger partial charge on any atom is -0.496 e. The van der Waals surface area contributed by atoms with Gasteiger partial charge in [0, 0.05) is 32.7 Å². The highest BCUT2D eigenvalue weighted by molar-refractivity contribution is 7.89. The quantitative estimate of drug-likeness (QED) is 0.804. The lowest BCUT2D eigenvalue weighted by Gasteiger charge is -2.34. The Hall–Kier alpha value is -2.42. The number of primary amides is 1. The predicted molar refractivity (Wildman–Crippen MR) is 102 cm³/mol. The number of sulfonamides is 1. The second-order valence-corrected chi connectivity index (χ2v) is 8.33. The van der Waals surface area contributed by atoms with Crippen LogP contribution in [-0.2, 0) is 16.6 Å². The van der Waals surface area contributed by atoms with Crippen molar-refractivity contribution in [1.82, 2.24) is 9.21 Å². The van der Waals surface area contributed by atoms with Gasteiger partial charge in [-0.15, -0.1) is 0 Å². The monoisotopic (exact) mass is 389 g/mol. The molecule has 1 aliphatic rings. The van der Waals surface area contributed by atoms with E-state index in [2.05, 4.69) is 17.0 Å².